The van der Waals surface area contributed by atoms with Crippen LogP contribution in [0.2, 0.25) is 0 Å². The molecular formula is C31H36N10O3S. The second-order valence-electron chi connectivity index (χ2n) is 12.6. The van der Waals surface area contributed by atoms with Crippen LogP contribution in [-0.4, -0.2) is 109 Å². The van der Waals surface area contributed by atoms with Crippen molar-refractivity contribution in [2.75, 3.05) is 57.4 Å². The van der Waals surface area contributed by atoms with Crippen molar-refractivity contribution in [3.8, 4) is 10.7 Å². The van der Waals surface area contributed by atoms with E-state index in [-0.39, 0.29) is 11.8 Å². The maximum absolute atomic E-state index is 13.9. The summed E-state index contributed by atoms with van der Waals surface area (Å²) in [7, 11) is 1.85. The fourth-order valence-electron chi connectivity index (χ4n) is 7.18. The molecule has 0 unspecified atom stereocenters. The first-order valence-corrected chi connectivity index (χ1v) is 16.5. The molecule has 14 heteroatoms. The molecule has 234 valence electrons. The fraction of sp³-hybridized carbons (Fsp3) is 0.516. The Kier molecular flexibility index (Phi) is 7.22. The predicted octanol–water partition coefficient (Wildman–Crippen LogP) is 2.85. The Labute approximate surface area is 264 Å². The molecule has 3 saturated heterocycles. The maximum atomic E-state index is 13.9. The van der Waals surface area contributed by atoms with Gasteiger partial charge in [-0.15, -0.1) is 11.3 Å². The highest BCUT2D eigenvalue weighted by molar-refractivity contribution is 7.16. The normalized spacial score (nSPS) is 23.1. The Morgan fingerprint density at radius 1 is 1.16 bits per heavy atom. The van der Waals surface area contributed by atoms with Crippen LogP contribution in [-0.2, 0) is 21.4 Å². The van der Waals surface area contributed by atoms with Crippen LogP contribution in [0.25, 0.3) is 27.3 Å². The summed E-state index contributed by atoms with van der Waals surface area (Å²) < 4.78 is 7.22. The fourth-order valence-corrected chi connectivity index (χ4v) is 8.10. The highest BCUT2D eigenvalue weighted by atomic mass is 32.1. The molecule has 0 radical (unpaired) electrons. The van der Waals surface area contributed by atoms with Crippen LogP contribution in [0, 0.1) is 5.41 Å². The van der Waals surface area contributed by atoms with Crippen molar-refractivity contribution in [2.45, 2.75) is 38.0 Å². The van der Waals surface area contributed by atoms with Crippen LogP contribution in [0.5, 0.6) is 0 Å². The quantitative estimate of drug-likeness (QED) is 0.342. The van der Waals surface area contributed by atoms with Crippen LogP contribution in [0.3, 0.4) is 0 Å². The van der Waals surface area contributed by atoms with Crippen LogP contribution in [0.4, 0.5) is 5.82 Å². The number of aromatic nitrogens is 7. The lowest BCUT2D eigenvalue weighted by molar-refractivity contribution is -0.132. The molecule has 4 aliphatic heterocycles. The van der Waals surface area contributed by atoms with Crippen LogP contribution < -0.4 is 4.90 Å². The van der Waals surface area contributed by atoms with Crippen LogP contribution in [0.15, 0.2) is 30.7 Å². The lowest BCUT2D eigenvalue weighted by Gasteiger charge is -2.28. The SMILES string of the molecule is Cn1cnc(-c2cnc(C3=CCN(C(=O)CN4CC[C@]5(CCN(c6ccc7[nH]nc(C8CCOCC8)c7n6)C5=O)C4)CC3)s2)n1. The number of thiazole rings is 1. The number of nitrogens with one attached hydrogen (secondary N) is 1. The number of amides is 2. The van der Waals surface area contributed by atoms with Gasteiger partial charge in [0.2, 0.25) is 11.8 Å². The Morgan fingerprint density at radius 2 is 2.02 bits per heavy atom. The average Bonchev–Trinajstić information content (AvgIpc) is 3.91. The largest absolute Gasteiger partial charge is 0.381 e. The van der Waals surface area contributed by atoms with Gasteiger partial charge in [-0.05, 0) is 56.4 Å². The Morgan fingerprint density at radius 3 is 2.82 bits per heavy atom. The number of hydrogen-bond acceptors (Lipinski definition) is 10. The summed E-state index contributed by atoms with van der Waals surface area (Å²) in [6, 6.07) is 3.90. The van der Waals surface area contributed by atoms with E-state index in [2.05, 4.69) is 36.2 Å². The topological polar surface area (TPSA) is 138 Å². The minimum atomic E-state index is -0.461. The molecule has 2 amide bonds. The second kappa shape index (κ2) is 11.4. The van der Waals surface area contributed by atoms with E-state index < -0.39 is 5.41 Å². The summed E-state index contributed by atoms with van der Waals surface area (Å²) in [4.78, 5) is 47.9. The zero-order chi connectivity index (χ0) is 30.5. The Bertz CT molecular complexity index is 1790. The number of anilines is 1. The van der Waals surface area contributed by atoms with Crippen molar-refractivity contribution in [2.24, 2.45) is 12.5 Å². The molecule has 1 N–H and O–H groups in total. The first-order valence-electron chi connectivity index (χ1n) is 15.7. The van der Waals surface area contributed by atoms with Gasteiger partial charge in [-0.3, -0.25) is 29.2 Å². The van der Waals surface area contributed by atoms with Gasteiger partial charge in [-0.2, -0.15) is 10.2 Å². The molecule has 4 aliphatic rings. The van der Waals surface area contributed by atoms with Crippen molar-refractivity contribution in [1.82, 2.24) is 44.7 Å². The molecule has 45 heavy (non-hydrogen) atoms. The zero-order valence-electron chi connectivity index (χ0n) is 25.3. The molecule has 4 aromatic heterocycles. The van der Waals surface area contributed by atoms with Crippen molar-refractivity contribution in [1.29, 1.82) is 0 Å². The predicted molar refractivity (Wildman–Crippen MR) is 168 cm³/mol. The monoisotopic (exact) mass is 628 g/mol. The van der Waals surface area contributed by atoms with Gasteiger partial charge in [0.1, 0.15) is 22.7 Å². The molecule has 3 fully saturated rings. The van der Waals surface area contributed by atoms with Crippen LogP contribution >= 0.6 is 11.3 Å². The number of aromatic amines is 1. The van der Waals surface area contributed by atoms with Crippen molar-refractivity contribution in [3.05, 3.63) is 41.4 Å². The molecule has 1 spiro atoms. The zero-order valence-corrected chi connectivity index (χ0v) is 26.1. The lowest BCUT2D eigenvalue weighted by Crippen LogP contribution is -2.43. The van der Waals surface area contributed by atoms with Gasteiger partial charge in [0.05, 0.1) is 28.0 Å². The summed E-state index contributed by atoms with van der Waals surface area (Å²) in [6.07, 6.45) is 9.76. The van der Waals surface area contributed by atoms with Gasteiger partial charge in [0, 0.05) is 58.6 Å². The average molecular weight is 629 g/mol. The molecule has 4 aromatic rings. The molecule has 0 bridgehead atoms. The Hall–Kier alpha value is -4.01. The molecule has 0 aliphatic carbocycles. The highest BCUT2D eigenvalue weighted by Gasteiger charge is 2.51. The van der Waals surface area contributed by atoms with E-state index in [0.717, 1.165) is 84.0 Å². The number of ether oxygens (including phenoxy) is 1. The number of aryl methyl sites for hydroxylation is 1. The maximum Gasteiger partial charge on any atom is 0.237 e. The molecule has 13 nitrogen and oxygen atoms in total. The van der Waals surface area contributed by atoms with Crippen molar-refractivity contribution in [3.63, 3.8) is 0 Å². The first-order chi connectivity index (χ1) is 22.0. The molecule has 0 saturated carbocycles. The number of fused-ring (bicyclic) bond motifs is 1. The summed E-state index contributed by atoms with van der Waals surface area (Å²) in [5.41, 5.74) is 3.41. The van der Waals surface area contributed by atoms with Gasteiger partial charge < -0.3 is 9.64 Å². The number of nitrogens with zero attached hydrogens (tertiary/aromatic N) is 9. The van der Waals surface area contributed by atoms with Crippen LogP contribution in [0.1, 0.15) is 48.7 Å². The van der Waals surface area contributed by atoms with Gasteiger partial charge in [0.25, 0.3) is 0 Å². The van der Waals surface area contributed by atoms with E-state index in [0.29, 0.717) is 50.3 Å². The van der Waals surface area contributed by atoms with E-state index in [1.54, 1.807) is 22.3 Å². The number of carbonyl (C=O) groups is 2. The van der Waals surface area contributed by atoms with E-state index in [1.807, 2.05) is 35.2 Å². The standard InChI is InChI=1S/C31H36N10O3S/c1-38-19-33-28(37-38)23-16-32-29(45-23)21-4-10-40(11-5-21)25(42)17-39-12-8-31(18-39)9-13-41(30(31)43)24-3-2-22-27(34-24)26(36-35-22)20-6-14-44-15-7-20/h2-4,16,19-20H,5-15,17-18H2,1H3,(H,35,36)/t31-/m0/s1. The molecule has 8 heterocycles. The van der Waals surface area contributed by atoms with E-state index in [1.165, 1.54) is 0 Å². The molecule has 0 aromatic carbocycles. The number of H-pyrrole nitrogens is 1. The summed E-state index contributed by atoms with van der Waals surface area (Å²) >= 11 is 1.58. The second-order valence-corrected chi connectivity index (χ2v) is 13.6. The van der Waals surface area contributed by atoms with Gasteiger partial charge in [-0.1, -0.05) is 6.08 Å². The smallest absolute Gasteiger partial charge is 0.237 e. The Balaban J connectivity index is 0.890. The van der Waals surface area contributed by atoms with Gasteiger partial charge in [-0.25, -0.2) is 15.0 Å². The van der Waals surface area contributed by atoms with Crippen molar-refractivity contribution < 1.29 is 14.3 Å². The number of pyridine rings is 1. The van der Waals surface area contributed by atoms with Gasteiger partial charge in [0.15, 0.2) is 5.82 Å². The first kappa shape index (κ1) is 28.5. The third kappa shape index (κ3) is 5.24. The number of carbonyl (C=O) groups excluding carboxylic acids is 2. The van der Waals surface area contributed by atoms with Crippen molar-refractivity contribution >= 4 is 45.6 Å². The summed E-state index contributed by atoms with van der Waals surface area (Å²) in [6.45, 7) is 5.01. The number of likely N-dealkylation sites (tertiary alicyclic amines) is 1. The summed E-state index contributed by atoms with van der Waals surface area (Å²) in [5, 5.41) is 13.0. The third-order valence-corrected chi connectivity index (χ3v) is 10.8. The summed E-state index contributed by atoms with van der Waals surface area (Å²) in [5.74, 6) is 1.91. The van der Waals surface area contributed by atoms with E-state index in [9.17, 15) is 9.59 Å². The lowest BCUT2D eigenvalue weighted by atomic mass is 9.85. The highest BCUT2D eigenvalue weighted by Crippen LogP contribution is 2.42. The number of hydrogen-bond donors (Lipinski definition) is 1. The molecular weight excluding hydrogens is 592 g/mol. The minimum absolute atomic E-state index is 0.106. The minimum Gasteiger partial charge on any atom is -0.381 e. The van der Waals surface area contributed by atoms with E-state index in [4.69, 9.17) is 9.72 Å². The molecule has 1 atom stereocenters. The molecule has 8 rings (SSSR count). The van der Waals surface area contributed by atoms with E-state index >= 15 is 0 Å². The number of rotatable bonds is 6. The van der Waals surface area contributed by atoms with Gasteiger partial charge >= 0.3 is 0 Å². The third-order valence-electron chi connectivity index (χ3n) is 9.77.